The Morgan fingerprint density at radius 1 is 1.28 bits per heavy atom. The molecule has 0 saturated carbocycles. The molecule has 2 aromatic heterocycles. The second-order valence-corrected chi connectivity index (χ2v) is 11.6. The van der Waals surface area contributed by atoms with Crippen LogP contribution in [-0.2, 0) is 33.0 Å². The minimum atomic E-state index is -4.59. The molecule has 1 aliphatic heterocycles. The Bertz CT molecular complexity index is 1590. The molecule has 0 bridgehead atoms. The minimum Gasteiger partial charge on any atom is -0.484 e. The smallest absolute Gasteiger partial charge is 0.422 e. The van der Waals surface area contributed by atoms with Gasteiger partial charge in [0.2, 0.25) is 5.91 Å². The molecule has 1 spiro atoms. The van der Waals surface area contributed by atoms with Crippen molar-refractivity contribution in [2.45, 2.75) is 31.0 Å². The summed E-state index contributed by atoms with van der Waals surface area (Å²) in [4.78, 5) is 30.1. The number of carbonyl (C=O) groups excluding carboxylic acids is 2. The van der Waals surface area contributed by atoms with Crippen LogP contribution in [0.15, 0.2) is 36.5 Å². The third-order valence-electron chi connectivity index (χ3n) is 6.37. The van der Waals surface area contributed by atoms with Gasteiger partial charge in [0.25, 0.3) is 5.91 Å². The highest BCUT2D eigenvalue weighted by molar-refractivity contribution is 7.91. The number of aromatic nitrogens is 3. The van der Waals surface area contributed by atoms with Crippen molar-refractivity contribution in [3.63, 3.8) is 0 Å². The van der Waals surface area contributed by atoms with E-state index in [0.29, 0.717) is 5.56 Å². The predicted molar refractivity (Wildman–Crippen MR) is 129 cm³/mol. The number of amides is 2. The highest BCUT2D eigenvalue weighted by Gasteiger charge is 2.48. The molecule has 3 aromatic rings. The number of halogens is 4. The number of ether oxygens (including phenoxy) is 1. The first-order chi connectivity index (χ1) is 18.2. The highest BCUT2D eigenvalue weighted by Crippen LogP contribution is 2.46. The predicted octanol–water partition coefficient (Wildman–Crippen LogP) is 2.46. The molecule has 10 nitrogen and oxygen atoms in total. The van der Waals surface area contributed by atoms with Crippen LogP contribution in [0.5, 0.6) is 5.75 Å². The van der Waals surface area contributed by atoms with E-state index in [9.17, 15) is 31.2 Å². The molecule has 1 aliphatic carbocycles. The van der Waals surface area contributed by atoms with E-state index in [2.05, 4.69) is 20.7 Å². The van der Waals surface area contributed by atoms with Crippen molar-refractivity contribution in [3.8, 4) is 11.6 Å². The third-order valence-corrected chi connectivity index (χ3v) is 7.16. The Labute approximate surface area is 219 Å². The van der Waals surface area contributed by atoms with E-state index < -0.39 is 51.5 Å². The summed E-state index contributed by atoms with van der Waals surface area (Å²) in [5.41, 5.74) is -0.572. The van der Waals surface area contributed by atoms with Crippen LogP contribution in [0.4, 0.5) is 23.4 Å². The van der Waals surface area contributed by atoms with Crippen LogP contribution in [0.1, 0.15) is 33.6 Å². The van der Waals surface area contributed by atoms with Gasteiger partial charge in [-0.05, 0) is 36.6 Å². The van der Waals surface area contributed by atoms with Crippen LogP contribution in [-0.4, -0.2) is 59.8 Å². The molecule has 0 unspecified atom stereocenters. The first-order valence-corrected chi connectivity index (χ1v) is 13.7. The molecular formula is C24H21F4N5O5S. The molecule has 3 heterocycles. The largest absolute Gasteiger partial charge is 0.484 e. The highest BCUT2D eigenvalue weighted by atomic mass is 32.2. The fourth-order valence-electron chi connectivity index (χ4n) is 4.99. The van der Waals surface area contributed by atoms with Crippen LogP contribution in [0.2, 0.25) is 0 Å². The molecule has 5 rings (SSSR count). The number of hydrogen-bond donors (Lipinski definition) is 2. The van der Waals surface area contributed by atoms with E-state index >= 15 is 4.39 Å². The number of fused-ring (bicyclic) bond motifs is 3. The Morgan fingerprint density at radius 3 is 2.72 bits per heavy atom. The lowest BCUT2D eigenvalue weighted by atomic mass is 9.82. The normalized spacial score (nSPS) is 18.4. The van der Waals surface area contributed by atoms with Crippen molar-refractivity contribution in [2.75, 3.05) is 23.9 Å². The van der Waals surface area contributed by atoms with Gasteiger partial charge in [-0.1, -0.05) is 6.07 Å². The maximum Gasteiger partial charge on any atom is 0.422 e. The molecule has 2 amide bonds. The van der Waals surface area contributed by atoms with Crippen molar-refractivity contribution in [3.05, 3.63) is 64.7 Å². The summed E-state index contributed by atoms with van der Waals surface area (Å²) < 4.78 is 82.2. The van der Waals surface area contributed by atoms with E-state index in [1.165, 1.54) is 16.9 Å². The molecule has 1 atom stereocenters. The van der Waals surface area contributed by atoms with Crippen LogP contribution in [0.25, 0.3) is 5.82 Å². The number of sulfone groups is 1. The van der Waals surface area contributed by atoms with Crippen molar-refractivity contribution >= 4 is 27.5 Å². The summed E-state index contributed by atoms with van der Waals surface area (Å²) in [5.74, 6) is -3.41. The number of benzene rings is 1. The Balaban J connectivity index is 1.54. The van der Waals surface area contributed by atoms with Gasteiger partial charge in [-0.2, -0.15) is 23.0 Å². The summed E-state index contributed by atoms with van der Waals surface area (Å²) in [5, 5.41) is 9.72. The average Bonchev–Trinajstić information content (AvgIpc) is 3.35. The second kappa shape index (κ2) is 9.32. The molecule has 2 aliphatic rings. The first kappa shape index (κ1) is 26.6. The topological polar surface area (TPSA) is 132 Å². The maximum absolute atomic E-state index is 15.3. The molecule has 15 heteroatoms. The minimum absolute atomic E-state index is 0.00444. The standard InChI is InChI=1S/C24H21F4N5O5S/c1-39(36,37)11-18(34)30-21-19-16(32-33(21)17-4-2-3-7-29-17)10-23(31-22(19)35)6-5-13-8-14(9-15(25)20(13)23)38-12-24(26,27)28/h2-4,7-9H,5-6,10-12H2,1H3,(H,30,34)(H,31,35)/t23-/m0/s1. The number of alkyl halides is 3. The third kappa shape index (κ3) is 5.30. The molecule has 0 fully saturated rings. The number of nitrogens with one attached hydrogen (secondary N) is 2. The van der Waals surface area contributed by atoms with Gasteiger partial charge < -0.3 is 15.4 Å². The summed E-state index contributed by atoms with van der Waals surface area (Å²) >= 11 is 0. The van der Waals surface area contributed by atoms with Crippen LogP contribution in [0, 0.1) is 5.82 Å². The van der Waals surface area contributed by atoms with Gasteiger partial charge in [-0.25, -0.2) is 17.8 Å². The Hall–Kier alpha value is -4.01. The van der Waals surface area contributed by atoms with Gasteiger partial charge in [0.15, 0.2) is 28.1 Å². The monoisotopic (exact) mass is 567 g/mol. The molecule has 2 N–H and O–H groups in total. The van der Waals surface area contributed by atoms with Gasteiger partial charge in [0.05, 0.1) is 11.2 Å². The zero-order chi connectivity index (χ0) is 28.2. The van der Waals surface area contributed by atoms with Gasteiger partial charge in [-0.3, -0.25) is 9.59 Å². The zero-order valence-electron chi connectivity index (χ0n) is 20.3. The molecule has 39 heavy (non-hydrogen) atoms. The lowest BCUT2D eigenvalue weighted by molar-refractivity contribution is -0.153. The van der Waals surface area contributed by atoms with Gasteiger partial charge in [-0.15, -0.1) is 0 Å². The van der Waals surface area contributed by atoms with E-state index in [-0.39, 0.29) is 53.5 Å². The summed E-state index contributed by atoms with van der Waals surface area (Å²) in [6, 6.07) is 7.02. The summed E-state index contributed by atoms with van der Waals surface area (Å²) in [7, 11) is -3.68. The maximum atomic E-state index is 15.3. The Morgan fingerprint density at radius 2 is 2.05 bits per heavy atom. The van der Waals surface area contributed by atoms with Gasteiger partial charge >= 0.3 is 6.18 Å². The van der Waals surface area contributed by atoms with Crippen molar-refractivity contribution in [2.24, 2.45) is 0 Å². The van der Waals surface area contributed by atoms with Crippen LogP contribution >= 0.6 is 0 Å². The van der Waals surface area contributed by atoms with E-state index in [0.717, 1.165) is 12.3 Å². The number of hydrogen-bond acceptors (Lipinski definition) is 7. The fraction of sp³-hybridized carbons (Fsp3) is 0.333. The Kier molecular flexibility index (Phi) is 6.36. The van der Waals surface area contributed by atoms with Crippen LogP contribution in [0.3, 0.4) is 0 Å². The summed E-state index contributed by atoms with van der Waals surface area (Å²) in [6.07, 6.45) is -1.76. The number of pyridine rings is 1. The summed E-state index contributed by atoms with van der Waals surface area (Å²) in [6.45, 7) is -1.57. The van der Waals surface area contributed by atoms with E-state index in [1.807, 2.05) is 0 Å². The molecule has 206 valence electrons. The number of nitrogens with zero attached hydrogens (tertiary/aromatic N) is 3. The zero-order valence-corrected chi connectivity index (χ0v) is 21.1. The number of carbonyl (C=O) groups is 2. The van der Waals surface area contributed by atoms with Crippen molar-refractivity contribution in [1.29, 1.82) is 0 Å². The van der Waals surface area contributed by atoms with Gasteiger partial charge in [0, 0.05) is 30.5 Å². The van der Waals surface area contributed by atoms with E-state index in [1.54, 1.807) is 18.2 Å². The van der Waals surface area contributed by atoms with Crippen molar-refractivity contribution < 1.29 is 40.3 Å². The van der Waals surface area contributed by atoms with Gasteiger partial charge in [0.1, 0.15) is 22.9 Å². The molecular weight excluding hydrogens is 546 g/mol. The molecule has 0 radical (unpaired) electrons. The fourth-order valence-corrected chi connectivity index (χ4v) is 5.54. The number of anilines is 1. The molecule has 0 saturated heterocycles. The quantitative estimate of drug-likeness (QED) is 0.438. The number of aryl methyl sites for hydroxylation is 1. The molecule has 1 aromatic carbocycles. The van der Waals surface area contributed by atoms with Crippen molar-refractivity contribution in [1.82, 2.24) is 20.1 Å². The lowest BCUT2D eigenvalue weighted by Crippen LogP contribution is -2.50. The lowest BCUT2D eigenvalue weighted by Gasteiger charge is -2.35. The second-order valence-electron chi connectivity index (χ2n) is 9.44. The average molecular weight is 568 g/mol. The first-order valence-electron chi connectivity index (χ1n) is 11.6. The SMILES string of the molecule is CS(=O)(=O)CC(=O)Nc1c2c(nn1-c1ccccn1)C[C@]1(CCc3cc(OCC(F)(F)F)cc(F)c31)NC2=O. The van der Waals surface area contributed by atoms with Crippen LogP contribution < -0.4 is 15.4 Å². The number of rotatable bonds is 6. The van der Waals surface area contributed by atoms with E-state index in [4.69, 9.17) is 4.74 Å².